The molecular formula is C25H26N4O6S2. The molecule has 1 heterocycles. The summed E-state index contributed by atoms with van der Waals surface area (Å²) in [6.45, 7) is 6.06. The van der Waals surface area contributed by atoms with E-state index < -0.39 is 15.7 Å². The number of carbonyl (C=O) groups is 1. The van der Waals surface area contributed by atoms with Gasteiger partial charge in [-0.1, -0.05) is 42.5 Å². The molecule has 0 unspecified atom stereocenters. The van der Waals surface area contributed by atoms with E-state index in [4.69, 9.17) is 14.2 Å². The largest absolute Gasteiger partial charge is 0.493 e. The Morgan fingerprint density at radius 3 is 2.46 bits per heavy atom. The van der Waals surface area contributed by atoms with E-state index in [0.29, 0.717) is 23.7 Å². The highest BCUT2D eigenvalue weighted by Crippen LogP contribution is 2.29. The van der Waals surface area contributed by atoms with E-state index in [1.807, 2.05) is 38.1 Å². The van der Waals surface area contributed by atoms with Crippen LogP contribution in [0.2, 0.25) is 0 Å². The van der Waals surface area contributed by atoms with Crippen LogP contribution in [-0.2, 0) is 14.6 Å². The molecule has 37 heavy (non-hydrogen) atoms. The van der Waals surface area contributed by atoms with Gasteiger partial charge in [-0.3, -0.25) is 10.1 Å². The molecule has 0 saturated carbocycles. The van der Waals surface area contributed by atoms with E-state index in [2.05, 4.69) is 15.5 Å². The van der Waals surface area contributed by atoms with Gasteiger partial charge in [-0.2, -0.15) is 5.26 Å². The zero-order valence-corrected chi connectivity index (χ0v) is 22.4. The highest BCUT2D eigenvalue weighted by Gasteiger charge is 2.20. The predicted octanol–water partition coefficient (Wildman–Crippen LogP) is 3.96. The molecule has 0 aliphatic rings. The van der Waals surface area contributed by atoms with Gasteiger partial charge in [0.15, 0.2) is 11.5 Å². The number of methoxy groups -OCH3 is 1. The topological polar surface area (TPSA) is 140 Å². The maximum Gasteiger partial charge on any atom is 0.268 e. The van der Waals surface area contributed by atoms with Gasteiger partial charge in [-0.05, 0) is 48.7 Å². The van der Waals surface area contributed by atoms with E-state index in [1.54, 1.807) is 18.2 Å². The minimum Gasteiger partial charge on any atom is -0.493 e. The van der Waals surface area contributed by atoms with Crippen LogP contribution in [0.15, 0.2) is 46.3 Å². The number of amides is 1. The second-order valence-electron chi connectivity index (χ2n) is 7.73. The molecule has 0 bridgehead atoms. The van der Waals surface area contributed by atoms with E-state index in [0.717, 1.165) is 28.2 Å². The summed E-state index contributed by atoms with van der Waals surface area (Å²) in [5.41, 5.74) is 2.40. The first-order valence-corrected chi connectivity index (χ1v) is 13.6. The van der Waals surface area contributed by atoms with Gasteiger partial charge in [0.25, 0.3) is 5.91 Å². The summed E-state index contributed by atoms with van der Waals surface area (Å²) in [7, 11) is -2.06. The first-order chi connectivity index (χ1) is 17.7. The third-order valence-corrected chi connectivity index (χ3v) is 8.15. The molecule has 3 rings (SSSR count). The fraction of sp³-hybridized carbons (Fsp3) is 0.280. The van der Waals surface area contributed by atoms with Crippen LogP contribution in [0.25, 0.3) is 6.08 Å². The van der Waals surface area contributed by atoms with E-state index in [-0.39, 0.29) is 27.4 Å². The highest BCUT2D eigenvalue weighted by atomic mass is 32.2. The summed E-state index contributed by atoms with van der Waals surface area (Å²) < 4.78 is 40.7. The van der Waals surface area contributed by atoms with Crippen LogP contribution >= 0.6 is 11.3 Å². The number of carbonyl (C=O) groups excluding carboxylic acids is 1. The van der Waals surface area contributed by atoms with Crippen molar-refractivity contribution in [2.45, 2.75) is 25.1 Å². The number of benzene rings is 2. The third kappa shape index (κ3) is 7.05. The molecule has 1 amide bonds. The Morgan fingerprint density at radius 2 is 1.81 bits per heavy atom. The van der Waals surface area contributed by atoms with E-state index in [9.17, 15) is 18.5 Å². The molecule has 1 aromatic heterocycles. The maximum absolute atomic E-state index is 12.6. The molecular weight excluding hydrogens is 516 g/mol. The van der Waals surface area contributed by atoms with Crippen molar-refractivity contribution in [1.29, 1.82) is 5.26 Å². The van der Waals surface area contributed by atoms with Crippen LogP contribution in [0, 0.1) is 25.2 Å². The van der Waals surface area contributed by atoms with Gasteiger partial charge in [0.05, 0.1) is 12.9 Å². The predicted molar refractivity (Wildman–Crippen MR) is 140 cm³/mol. The van der Waals surface area contributed by atoms with E-state index in [1.165, 1.54) is 20.1 Å². The number of para-hydroxylation sites is 1. The number of rotatable bonds is 11. The lowest BCUT2D eigenvalue weighted by Crippen LogP contribution is -2.13. The first kappa shape index (κ1) is 27.6. The molecule has 0 radical (unpaired) electrons. The van der Waals surface area contributed by atoms with Gasteiger partial charge >= 0.3 is 0 Å². The van der Waals surface area contributed by atoms with Gasteiger partial charge in [0.1, 0.15) is 30.6 Å². The normalized spacial score (nSPS) is 11.5. The van der Waals surface area contributed by atoms with Gasteiger partial charge in [0, 0.05) is 0 Å². The molecule has 0 aliphatic heterocycles. The minimum atomic E-state index is -3.55. The number of hydrogen-bond donors (Lipinski definition) is 1. The Labute approximate surface area is 219 Å². The fourth-order valence-electron chi connectivity index (χ4n) is 3.20. The summed E-state index contributed by atoms with van der Waals surface area (Å²) in [6, 6.07) is 12.7. The minimum absolute atomic E-state index is 0.0254. The van der Waals surface area contributed by atoms with Crippen molar-refractivity contribution in [3.05, 3.63) is 58.7 Å². The number of aryl methyl sites for hydroxylation is 2. The average molecular weight is 543 g/mol. The van der Waals surface area contributed by atoms with Crippen molar-refractivity contribution in [1.82, 2.24) is 10.2 Å². The highest BCUT2D eigenvalue weighted by molar-refractivity contribution is 7.93. The number of nitrogens with one attached hydrogen (secondary N) is 1. The number of hydrogen-bond acceptors (Lipinski definition) is 10. The SMILES string of the molecule is CCS(=O)(=O)c1nnc(NC(=O)C(C#N)=Cc2ccc(OCCOc3c(C)cccc3C)c(OC)c2)s1. The maximum atomic E-state index is 12.6. The number of aromatic nitrogens is 2. The summed E-state index contributed by atoms with van der Waals surface area (Å²) in [5, 5.41) is 19.1. The summed E-state index contributed by atoms with van der Waals surface area (Å²) in [5.74, 6) is 0.836. The van der Waals surface area contributed by atoms with Gasteiger partial charge in [-0.25, -0.2) is 8.42 Å². The van der Waals surface area contributed by atoms with Gasteiger partial charge in [-0.15, -0.1) is 10.2 Å². The molecule has 194 valence electrons. The summed E-state index contributed by atoms with van der Waals surface area (Å²) in [6.07, 6.45) is 1.37. The zero-order chi connectivity index (χ0) is 27.0. The first-order valence-electron chi connectivity index (χ1n) is 11.2. The van der Waals surface area contributed by atoms with Crippen molar-refractivity contribution in [2.75, 3.05) is 31.4 Å². The lowest BCUT2D eigenvalue weighted by Gasteiger charge is -2.14. The number of anilines is 1. The van der Waals surface area contributed by atoms with Crippen molar-refractivity contribution >= 4 is 38.3 Å². The lowest BCUT2D eigenvalue weighted by atomic mass is 10.1. The van der Waals surface area contributed by atoms with Crippen LogP contribution in [0.5, 0.6) is 17.2 Å². The lowest BCUT2D eigenvalue weighted by molar-refractivity contribution is -0.112. The molecule has 2 aromatic carbocycles. The number of nitrogens with zero attached hydrogens (tertiary/aromatic N) is 3. The standard InChI is InChI=1S/C25H26N4O6S2/c1-5-37(31,32)25-29-28-24(36-25)27-23(30)19(15-26)13-18-9-10-20(21(14-18)33-4)34-11-12-35-22-16(2)7-6-8-17(22)3/h6-10,13-14H,5,11-12H2,1-4H3,(H,27,28,30). The molecule has 0 spiro atoms. The second kappa shape index (κ2) is 12.3. The van der Waals surface area contributed by atoms with Gasteiger partial charge < -0.3 is 14.2 Å². The van der Waals surface area contributed by atoms with Crippen molar-refractivity contribution in [2.24, 2.45) is 0 Å². The molecule has 1 N–H and O–H groups in total. The van der Waals surface area contributed by atoms with Crippen molar-refractivity contribution in [3.8, 4) is 23.3 Å². The second-order valence-corrected chi connectivity index (χ2v) is 11.2. The summed E-state index contributed by atoms with van der Waals surface area (Å²) >= 11 is 0.719. The molecule has 0 saturated heterocycles. The third-order valence-electron chi connectivity index (χ3n) is 5.13. The Balaban J connectivity index is 1.66. The van der Waals surface area contributed by atoms with Crippen LogP contribution in [0.3, 0.4) is 0 Å². The monoisotopic (exact) mass is 542 g/mol. The Bertz CT molecular complexity index is 1440. The molecule has 0 fully saturated rings. The zero-order valence-electron chi connectivity index (χ0n) is 20.8. The summed E-state index contributed by atoms with van der Waals surface area (Å²) in [4.78, 5) is 12.6. The number of sulfone groups is 1. The smallest absolute Gasteiger partial charge is 0.268 e. The van der Waals surface area contributed by atoms with Crippen molar-refractivity contribution < 1.29 is 27.4 Å². The van der Waals surface area contributed by atoms with E-state index >= 15 is 0 Å². The van der Waals surface area contributed by atoms with Gasteiger partial charge in [0.2, 0.25) is 19.3 Å². The Kier molecular flexibility index (Phi) is 9.21. The van der Waals surface area contributed by atoms with Crippen LogP contribution in [0.4, 0.5) is 5.13 Å². The number of nitriles is 1. The Morgan fingerprint density at radius 1 is 1.11 bits per heavy atom. The van der Waals surface area contributed by atoms with Crippen LogP contribution < -0.4 is 19.5 Å². The molecule has 10 nitrogen and oxygen atoms in total. The molecule has 0 aliphatic carbocycles. The number of ether oxygens (including phenoxy) is 3. The van der Waals surface area contributed by atoms with Crippen LogP contribution in [-0.4, -0.2) is 50.6 Å². The van der Waals surface area contributed by atoms with Crippen LogP contribution in [0.1, 0.15) is 23.6 Å². The molecule has 0 atom stereocenters. The fourth-order valence-corrected chi connectivity index (χ4v) is 5.19. The average Bonchev–Trinajstić information content (AvgIpc) is 3.36. The molecule has 12 heteroatoms. The quantitative estimate of drug-likeness (QED) is 0.165. The Hall–Kier alpha value is -3.95. The van der Waals surface area contributed by atoms with Crippen molar-refractivity contribution in [3.63, 3.8) is 0 Å². The molecule has 3 aromatic rings.